The van der Waals surface area contributed by atoms with E-state index in [0.29, 0.717) is 107 Å². The first-order chi connectivity index (χ1) is 41.1. The highest BCUT2D eigenvalue weighted by Crippen LogP contribution is 2.43. The lowest BCUT2D eigenvalue weighted by atomic mass is 9.88. The first-order valence-corrected chi connectivity index (χ1v) is 29.7. The number of carbonyl (C=O) groups is 2. The molecule has 0 saturated carbocycles. The van der Waals surface area contributed by atoms with Gasteiger partial charge in [0.15, 0.2) is 0 Å². The molecule has 3 saturated heterocycles. The molecule has 3 aromatic heterocycles. The summed E-state index contributed by atoms with van der Waals surface area (Å²) in [4.78, 5) is 74.1. The maximum atomic E-state index is 12.1. The van der Waals surface area contributed by atoms with E-state index in [2.05, 4.69) is 28.2 Å². The average Bonchev–Trinajstić information content (AvgIpc) is 2.26. The summed E-state index contributed by atoms with van der Waals surface area (Å²) >= 11 is 18.7. The van der Waals surface area contributed by atoms with Crippen LogP contribution in [-0.4, -0.2) is 115 Å². The van der Waals surface area contributed by atoms with Crippen LogP contribution in [0.3, 0.4) is 0 Å². The van der Waals surface area contributed by atoms with Crippen LogP contribution in [0.15, 0.2) is 114 Å². The lowest BCUT2D eigenvalue weighted by Crippen LogP contribution is -2.37. The maximum Gasteiger partial charge on any atom is 0.409 e. The first kappa shape index (κ1) is 59.9. The number of amides is 2. The zero-order chi connectivity index (χ0) is 59.9. The Kier molecular flexibility index (Phi) is 18.9. The van der Waals surface area contributed by atoms with Gasteiger partial charge in [-0.25, -0.2) is 24.8 Å². The molecule has 6 aliphatic rings. The maximum absolute atomic E-state index is 12.1. The molecule has 2 amide bonds. The molecule has 0 radical (unpaired) electrons. The van der Waals surface area contributed by atoms with Crippen molar-refractivity contribution in [1.29, 1.82) is 0 Å². The molecule has 19 nitrogen and oxygen atoms in total. The van der Waals surface area contributed by atoms with E-state index in [1.807, 2.05) is 61.7 Å². The van der Waals surface area contributed by atoms with E-state index >= 15 is 0 Å². The van der Waals surface area contributed by atoms with E-state index in [9.17, 15) is 34.7 Å². The normalized spacial score (nSPS) is 16.2. The van der Waals surface area contributed by atoms with E-state index in [4.69, 9.17) is 54.5 Å². The van der Waals surface area contributed by atoms with Gasteiger partial charge >= 0.3 is 17.2 Å². The van der Waals surface area contributed by atoms with Crippen molar-refractivity contribution in [3.63, 3.8) is 0 Å². The fourth-order valence-corrected chi connectivity index (χ4v) is 12.8. The number of nitro groups is 2. The number of fused-ring (bicyclic) bond motifs is 6. The third-order valence-electron chi connectivity index (χ3n) is 16.4. The largest absolute Gasteiger partial charge is 0.450 e. The van der Waals surface area contributed by atoms with Crippen LogP contribution in [0.1, 0.15) is 120 Å². The molecule has 3 aliphatic carbocycles. The Balaban J connectivity index is 0.000000142. The van der Waals surface area contributed by atoms with Crippen molar-refractivity contribution in [2.24, 2.45) is 0 Å². The number of nitrogens with zero attached hydrogens (tertiary/aromatic N) is 9. The number of piperidine rings is 3. The zero-order valence-electron chi connectivity index (χ0n) is 47.2. The Labute approximate surface area is 506 Å². The number of hydrogen-bond donors (Lipinski definition) is 1. The van der Waals surface area contributed by atoms with E-state index < -0.39 is 9.85 Å². The van der Waals surface area contributed by atoms with Crippen molar-refractivity contribution in [3.8, 4) is 0 Å². The monoisotopic (exact) mass is 1210 g/mol. The standard InChI is InChI=1S/C22H22ClN3O4.C22H23ClN2O2.C19H18ClN4O4/c1-2-30-22(27)25-9-7-14(8-10-25)20-19-6-5-17(23)11-15(19)3-4-16-12-18(26(28)29)13-24-21(16)20;1-2-27-22(26)25-12-9-15(10-13-25)20-19-8-7-18(23)14-17(19)6-5-16-4-3-11-24-21(16)20;20-15-3-4-17-13(9-15)1-2-14-10-16(23(25)26)11-21-19(14)18(17)12-5-7-22(8-6-12)24(27)28/h5-6,11-13H,2-4,7-10H2,1H3;3-4,7-8,11,14H,2,5-6,9-10,12-13H2,1H3;3-4,9-11H,1-2,5-8H2,(H,27,28)/q;;+1. The molecule has 6 aromatic rings. The fourth-order valence-electron chi connectivity index (χ4n) is 12.2. The quantitative estimate of drug-likeness (QED) is 0.125. The number of benzene rings is 3. The molecular formula is C63H63Cl3N9O10+. The summed E-state index contributed by atoms with van der Waals surface area (Å²) in [6.45, 7) is 7.70. The lowest BCUT2D eigenvalue weighted by molar-refractivity contribution is -0.903. The predicted octanol–water partition coefficient (Wildman–Crippen LogP) is 13.4. The molecule has 22 heteroatoms. The van der Waals surface area contributed by atoms with Crippen LogP contribution in [0.2, 0.25) is 15.1 Å². The van der Waals surface area contributed by atoms with Gasteiger partial charge in [0.1, 0.15) is 17.3 Å². The minimum atomic E-state index is -0.433. The molecule has 85 heavy (non-hydrogen) atoms. The van der Waals surface area contributed by atoms with Crippen LogP contribution in [0.5, 0.6) is 0 Å². The lowest BCUT2D eigenvalue weighted by Gasteiger charge is -2.29. The van der Waals surface area contributed by atoms with Gasteiger partial charge in [-0.05, 0) is 183 Å². The van der Waals surface area contributed by atoms with Crippen LogP contribution >= 0.6 is 34.8 Å². The molecule has 3 aromatic carbocycles. The molecule has 440 valence electrons. The van der Waals surface area contributed by atoms with Crippen molar-refractivity contribution >= 4 is 75.1 Å². The van der Waals surface area contributed by atoms with Gasteiger partial charge in [-0.1, -0.05) is 80.8 Å². The number of pyridine rings is 3. The summed E-state index contributed by atoms with van der Waals surface area (Å²) in [7, 11) is 0. The number of hydrazine groups is 1. The number of hydrogen-bond acceptors (Lipinski definition) is 12. The third-order valence-corrected chi connectivity index (χ3v) is 17.1. The number of likely N-dealkylation sites (tertiary alicyclic amines) is 2. The highest BCUT2D eigenvalue weighted by molar-refractivity contribution is 6.31. The molecular weight excluding hydrogens is 1150 g/mol. The summed E-state index contributed by atoms with van der Waals surface area (Å²) < 4.78 is 10.3. The Morgan fingerprint density at radius 2 is 0.847 bits per heavy atom. The summed E-state index contributed by atoms with van der Waals surface area (Å²) in [5, 5.41) is 34.9. The van der Waals surface area contributed by atoms with E-state index in [1.54, 1.807) is 28.9 Å². The smallest absolute Gasteiger partial charge is 0.409 e. The second-order valence-electron chi connectivity index (χ2n) is 21.3. The number of aromatic nitrogens is 3. The highest BCUT2D eigenvalue weighted by Gasteiger charge is 2.33. The van der Waals surface area contributed by atoms with E-state index in [1.165, 1.54) is 50.8 Å². The molecule has 3 fully saturated rings. The minimum absolute atomic E-state index is 0.000723. The van der Waals surface area contributed by atoms with Crippen molar-refractivity contribution in [2.75, 3.05) is 52.5 Å². The molecule has 6 heterocycles. The Hall–Kier alpha value is -8.26. The Morgan fingerprint density at radius 1 is 0.494 bits per heavy atom. The Bertz CT molecular complexity index is 3710. The average molecular weight is 1210 g/mol. The van der Waals surface area contributed by atoms with Gasteiger partial charge in [-0.15, -0.1) is 0 Å². The summed E-state index contributed by atoms with van der Waals surface area (Å²) in [6.07, 6.45) is 12.9. The van der Waals surface area contributed by atoms with Crippen LogP contribution in [-0.2, 0) is 48.0 Å². The summed E-state index contributed by atoms with van der Waals surface area (Å²) in [5.41, 5.74) is 19.3. The second-order valence-corrected chi connectivity index (χ2v) is 22.7. The van der Waals surface area contributed by atoms with Crippen LogP contribution in [0, 0.1) is 25.1 Å². The number of carbonyl (C=O) groups excluding carboxylic acids is 2. The summed E-state index contributed by atoms with van der Waals surface area (Å²) in [5.74, 6) is 0. The molecule has 0 spiro atoms. The number of rotatable bonds is 5. The summed E-state index contributed by atoms with van der Waals surface area (Å²) in [6, 6.07) is 25.1. The molecule has 3 aliphatic heterocycles. The molecule has 0 unspecified atom stereocenters. The van der Waals surface area contributed by atoms with Gasteiger partial charge in [0.2, 0.25) is 0 Å². The van der Waals surface area contributed by atoms with Crippen molar-refractivity contribution < 1.29 is 39.1 Å². The SMILES string of the molecule is CCOC(=O)N1CCC(=C2c3ccc(Cl)cc3CCc3cc([N+](=O)[O-])cnc32)CC1.CCOC(=O)N1CCC(=C2c3ccc(Cl)cc3CCc3cccnc32)CC1.O=[N+]([O-])c1cnc2c(c1)CCc1cc(Cl)ccc1C2=C1CCN([N+](=O)O)CC1. The molecule has 0 bridgehead atoms. The van der Waals surface area contributed by atoms with Gasteiger partial charge < -0.3 is 19.3 Å². The van der Waals surface area contributed by atoms with Gasteiger partial charge in [0.05, 0.1) is 53.2 Å². The topological polar surface area (TPSA) is 228 Å². The zero-order valence-corrected chi connectivity index (χ0v) is 49.4. The van der Waals surface area contributed by atoms with E-state index in [-0.39, 0.29) is 28.6 Å². The first-order valence-electron chi connectivity index (χ1n) is 28.6. The fraction of sp³-hybridized carbons (Fsp3) is 0.349. The van der Waals surface area contributed by atoms with Gasteiger partial charge in [-0.2, -0.15) is 0 Å². The molecule has 12 rings (SSSR count). The predicted molar refractivity (Wildman–Crippen MR) is 323 cm³/mol. The number of ether oxygens (including phenoxy) is 2. The van der Waals surface area contributed by atoms with Crippen molar-refractivity contribution in [1.82, 2.24) is 29.8 Å². The van der Waals surface area contributed by atoms with Crippen molar-refractivity contribution in [3.05, 3.63) is 222 Å². The minimum Gasteiger partial charge on any atom is -0.450 e. The Morgan fingerprint density at radius 3 is 1.21 bits per heavy atom. The van der Waals surface area contributed by atoms with Crippen LogP contribution < -0.4 is 0 Å². The second kappa shape index (κ2) is 26.8. The number of aryl methyl sites for hydroxylation is 6. The van der Waals surface area contributed by atoms with Crippen LogP contribution in [0.4, 0.5) is 21.0 Å². The van der Waals surface area contributed by atoms with Gasteiger partial charge in [0.25, 0.3) is 11.4 Å². The van der Waals surface area contributed by atoms with Crippen LogP contribution in [0.25, 0.3) is 16.7 Å². The molecule has 0 atom stereocenters. The third kappa shape index (κ3) is 13.5. The highest BCUT2D eigenvalue weighted by atomic mass is 35.5. The van der Waals surface area contributed by atoms with Gasteiger partial charge in [0, 0.05) is 76.3 Å². The van der Waals surface area contributed by atoms with Gasteiger partial charge in [-0.3, -0.25) is 25.2 Å². The van der Waals surface area contributed by atoms with Crippen molar-refractivity contribution in [2.45, 2.75) is 90.9 Å². The molecule has 1 N–H and O–H groups in total. The van der Waals surface area contributed by atoms with E-state index in [0.717, 1.165) is 104 Å². The number of halogens is 3.